The van der Waals surface area contributed by atoms with Crippen molar-refractivity contribution in [1.82, 2.24) is 34.0 Å². The average Bonchev–Trinajstić information content (AvgIpc) is 3.71. The van der Waals surface area contributed by atoms with E-state index in [1.54, 1.807) is 42.1 Å². The third-order valence-corrected chi connectivity index (χ3v) is 7.77. The average molecular weight is 647 g/mol. The summed E-state index contributed by atoms with van der Waals surface area (Å²) in [6, 6.07) is 10.5. The summed E-state index contributed by atoms with van der Waals surface area (Å²) in [5, 5.41) is 9.19. The van der Waals surface area contributed by atoms with E-state index < -0.39 is 17.6 Å². The van der Waals surface area contributed by atoms with Crippen LogP contribution in [0, 0.1) is 13.8 Å². The van der Waals surface area contributed by atoms with Crippen molar-refractivity contribution in [3.63, 3.8) is 0 Å². The van der Waals surface area contributed by atoms with Crippen LogP contribution in [0.5, 0.6) is 0 Å². The summed E-state index contributed by atoms with van der Waals surface area (Å²) in [6.45, 7) is 8.40. The Kier molecular flexibility index (Phi) is 9.17. The smallest absolute Gasteiger partial charge is 0.379 e. The molecule has 0 saturated carbocycles. The van der Waals surface area contributed by atoms with E-state index >= 15 is 0 Å². The molecule has 12 nitrogen and oxygen atoms in total. The quantitative estimate of drug-likeness (QED) is 0.187. The molecule has 2 aromatic carbocycles. The summed E-state index contributed by atoms with van der Waals surface area (Å²) in [6.07, 6.45) is 2.98. The second kappa shape index (κ2) is 13.6. The number of carbonyl (C=O) groups excluding carboxylic acids is 1. The van der Waals surface area contributed by atoms with Gasteiger partial charge in [-0.1, -0.05) is 6.07 Å². The van der Waals surface area contributed by atoms with Gasteiger partial charge in [0.2, 0.25) is 5.95 Å². The fraction of sp³-hybridized carbons (Fsp3) is 0.281. The van der Waals surface area contributed by atoms with Crippen molar-refractivity contribution in [3.05, 3.63) is 96.1 Å². The fourth-order valence-corrected chi connectivity index (χ4v) is 5.21. The lowest BCUT2D eigenvalue weighted by atomic mass is 10.1. The van der Waals surface area contributed by atoms with Crippen molar-refractivity contribution >= 4 is 29.0 Å². The third kappa shape index (κ3) is 7.42. The number of rotatable bonds is 10. The summed E-state index contributed by atoms with van der Waals surface area (Å²) < 4.78 is 50.5. The number of hydrogen-bond acceptors (Lipinski definition) is 9. The van der Waals surface area contributed by atoms with Crippen LogP contribution in [0.3, 0.4) is 0 Å². The van der Waals surface area contributed by atoms with Crippen LogP contribution in [-0.2, 0) is 10.9 Å². The molecule has 0 bridgehead atoms. The minimum absolute atomic E-state index is 0.00703. The fourth-order valence-electron chi connectivity index (χ4n) is 5.21. The maximum atomic E-state index is 14.0. The number of amides is 1. The van der Waals surface area contributed by atoms with E-state index in [1.807, 2.05) is 13.0 Å². The van der Waals surface area contributed by atoms with E-state index in [0.717, 1.165) is 44.5 Å². The molecule has 1 amide bonds. The van der Waals surface area contributed by atoms with Crippen LogP contribution in [0.4, 0.5) is 36.3 Å². The second-order valence-corrected chi connectivity index (χ2v) is 11.0. The number of morpholine rings is 1. The molecule has 1 saturated heterocycles. The molecular formula is C32H33F3N10O2. The van der Waals surface area contributed by atoms with Crippen molar-refractivity contribution < 1.29 is 22.7 Å². The van der Waals surface area contributed by atoms with Crippen LogP contribution >= 0.6 is 0 Å². The van der Waals surface area contributed by atoms with E-state index in [0.29, 0.717) is 35.5 Å². The Labute approximate surface area is 268 Å². The lowest BCUT2D eigenvalue weighted by Crippen LogP contribution is -2.39. The van der Waals surface area contributed by atoms with Crippen molar-refractivity contribution in [2.75, 3.05) is 55.3 Å². The maximum Gasteiger partial charge on any atom is 0.418 e. The first-order valence-corrected chi connectivity index (χ1v) is 14.9. The number of aryl methyl sites for hydroxylation is 2. The van der Waals surface area contributed by atoms with Crippen LogP contribution < -0.4 is 16.0 Å². The van der Waals surface area contributed by atoms with E-state index in [4.69, 9.17) is 4.74 Å². The van der Waals surface area contributed by atoms with Gasteiger partial charge < -0.3 is 25.3 Å². The Morgan fingerprint density at radius 2 is 1.83 bits per heavy atom. The Balaban J connectivity index is 1.16. The Morgan fingerprint density at radius 1 is 1.00 bits per heavy atom. The minimum atomic E-state index is -4.65. The first kappa shape index (κ1) is 31.7. The number of ether oxygens (including phenoxy) is 1. The lowest BCUT2D eigenvalue weighted by Gasteiger charge is -2.26. The van der Waals surface area contributed by atoms with Crippen LogP contribution in [0.25, 0.3) is 11.5 Å². The molecule has 0 radical (unpaired) electrons. The highest BCUT2D eigenvalue weighted by Crippen LogP contribution is 2.36. The van der Waals surface area contributed by atoms with Gasteiger partial charge in [0, 0.05) is 73.5 Å². The number of imidazole rings is 2. The Morgan fingerprint density at radius 3 is 2.60 bits per heavy atom. The third-order valence-electron chi connectivity index (χ3n) is 7.77. The Hall–Kier alpha value is -5.28. The number of halogens is 3. The number of anilines is 4. The van der Waals surface area contributed by atoms with Gasteiger partial charge in [0.25, 0.3) is 5.91 Å². The zero-order valence-electron chi connectivity index (χ0n) is 25.8. The van der Waals surface area contributed by atoms with Crippen LogP contribution in [0.1, 0.15) is 27.2 Å². The van der Waals surface area contributed by atoms with Gasteiger partial charge in [0.05, 0.1) is 30.8 Å². The predicted octanol–water partition coefficient (Wildman–Crippen LogP) is 5.22. The van der Waals surface area contributed by atoms with Gasteiger partial charge in [-0.3, -0.25) is 14.3 Å². The van der Waals surface area contributed by atoms with Crippen LogP contribution in [0.15, 0.2) is 73.7 Å². The molecule has 47 heavy (non-hydrogen) atoms. The van der Waals surface area contributed by atoms with Crippen LogP contribution in [0.2, 0.25) is 0 Å². The van der Waals surface area contributed by atoms with Gasteiger partial charge in [-0.25, -0.2) is 19.9 Å². The highest BCUT2D eigenvalue weighted by Gasteiger charge is 2.34. The number of alkyl halides is 3. The van der Waals surface area contributed by atoms with Gasteiger partial charge in [-0.15, -0.1) is 0 Å². The summed E-state index contributed by atoms with van der Waals surface area (Å²) in [4.78, 5) is 32.7. The molecule has 4 heterocycles. The number of aromatic nitrogens is 6. The molecule has 244 valence electrons. The highest BCUT2D eigenvalue weighted by atomic mass is 19.4. The van der Waals surface area contributed by atoms with Gasteiger partial charge in [0.15, 0.2) is 0 Å². The molecule has 0 aliphatic carbocycles. The summed E-state index contributed by atoms with van der Waals surface area (Å²) in [5.74, 6) is 1.12. The number of carbonyl (C=O) groups is 1. The molecule has 6 rings (SSSR count). The molecule has 0 unspecified atom stereocenters. The van der Waals surface area contributed by atoms with E-state index in [2.05, 4.69) is 40.8 Å². The van der Waals surface area contributed by atoms with Gasteiger partial charge >= 0.3 is 6.18 Å². The van der Waals surface area contributed by atoms with Crippen molar-refractivity contribution in [1.29, 1.82) is 0 Å². The zero-order valence-corrected chi connectivity index (χ0v) is 25.8. The van der Waals surface area contributed by atoms with Crippen molar-refractivity contribution in [2.24, 2.45) is 0 Å². The predicted molar refractivity (Wildman–Crippen MR) is 171 cm³/mol. The standard InChI is InChI=1S/C32H33F3N10O2/c1-21-3-4-23(30(46)41-24-5-6-27(25(16-24)32(33,34)35)45-20-36-18-22(45)2)15-26(21)42-31-38-8-10-44(31)29-17-28(39-19-40-29)37-7-9-43-11-13-47-14-12-43/h3-6,8,10,15-20H,7,9,11-14H2,1-2H3,(H,38,42)(H,41,46)(H,37,39,40). The molecule has 0 spiro atoms. The summed E-state index contributed by atoms with van der Waals surface area (Å²) in [7, 11) is 0. The van der Waals surface area contributed by atoms with Crippen molar-refractivity contribution in [3.8, 4) is 11.5 Å². The molecule has 15 heteroatoms. The normalized spacial score (nSPS) is 13.8. The van der Waals surface area contributed by atoms with Crippen LogP contribution in [-0.4, -0.2) is 79.3 Å². The van der Waals surface area contributed by atoms with Crippen molar-refractivity contribution in [2.45, 2.75) is 20.0 Å². The van der Waals surface area contributed by atoms with E-state index in [1.165, 1.54) is 35.6 Å². The largest absolute Gasteiger partial charge is 0.418 e. The van der Waals surface area contributed by atoms with E-state index in [9.17, 15) is 18.0 Å². The number of nitrogens with one attached hydrogen (secondary N) is 3. The molecule has 1 aliphatic heterocycles. The van der Waals surface area contributed by atoms with Gasteiger partial charge in [-0.05, 0) is 49.7 Å². The molecule has 1 aliphatic rings. The Bertz CT molecular complexity index is 1860. The maximum absolute atomic E-state index is 14.0. The molecule has 5 aromatic rings. The molecule has 3 N–H and O–H groups in total. The number of hydrogen-bond donors (Lipinski definition) is 3. The summed E-state index contributed by atoms with van der Waals surface area (Å²) in [5.41, 5.74) is 1.23. The molecule has 0 atom stereocenters. The second-order valence-electron chi connectivity index (χ2n) is 11.0. The van der Waals surface area contributed by atoms with Gasteiger partial charge in [0.1, 0.15) is 18.0 Å². The minimum Gasteiger partial charge on any atom is -0.379 e. The molecular weight excluding hydrogens is 613 g/mol. The molecule has 3 aromatic heterocycles. The summed E-state index contributed by atoms with van der Waals surface area (Å²) >= 11 is 0. The molecule has 1 fully saturated rings. The van der Waals surface area contributed by atoms with Gasteiger partial charge in [-0.2, -0.15) is 13.2 Å². The highest BCUT2D eigenvalue weighted by molar-refractivity contribution is 6.05. The number of benzene rings is 2. The number of nitrogens with zero attached hydrogens (tertiary/aromatic N) is 7. The monoisotopic (exact) mass is 646 g/mol. The zero-order chi connectivity index (χ0) is 33.0. The topological polar surface area (TPSA) is 127 Å². The first-order chi connectivity index (χ1) is 22.7. The first-order valence-electron chi connectivity index (χ1n) is 14.9. The SMILES string of the molecule is Cc1ccc(C(=O)Nc2ccc(-n3cncc3C)c(C(F)(F)F)c2)cc1Nc1nccn1-c1cc(NCCN2CCOCC2)ncn1. The van der Waals surface area contributed by atoms with E-state index in [-0.39, 0.29) is 16.9 Å². The lowest BCUT2D eigenvalue weighted by molar-refractivity contribution is -0.137.